The fraction of sp³-hybridized carbons (Fsp3) is 0.409. The standard InChI is InChI=1S/C22H31NO2/c1-2-3-4-5-6-7-8-9-10-11-12-13-22(25)23-19-18-20-14-16-21(24)17-15-20/h3-4,6-7,9-10,14-17,24H,2,5,8,11-13,18-19H2,1H3,(H,23,25)/b4-3-,7-6-,10-9-. The van der Waals surface area contributed by atoms with Crippen LogP contribution in [0.3, 0.4) is 0 Å². The molecule has 1 aromatic carbocycles. The molecule has 3 nitrogen and oxygen atoms in total. The highest BCUT2D eigenvalue weighted by Gasteiger charge is 2.00. The lowest BCUT2D eigenvalue weighted by Crippen LogP contribution is -2.25. The van der Waals surface area contributed by atoms with Gasteiger partial charge >= 0.3 is 0 Å². The van der Waals surface area contributed by atoms with Crippen LogP contribution in [0.25, 0.3) is 0 Å². The molecule has 0 aliphatic heterocycles. The molecule has 0 radical (unpaired) electrons. The molecule has 0 heterocycles. The summed E-state index contributed by atoms with van der Waals surface area (Å²) < 4.78 is 0. The Morgan fingerprint density at radius 2 is 1.64 bits per heavy atom. The number of unbranched alkanes of at least 4 members (excludes halogenated alkanes) is 1. The van der Waals surface area contributed by atoms with Crippen molar-refractivity contribution in [2.45, 2.75) is 51.9 Å². The minimum absolute atomic E-state index is 0.106. The minimum Gasteiger partial charge on any atom is -0.508 e. The van der Waals surface area contributed by atoms with Crippen molar-refractivity contribution in [2.24, 2.45) is 0 Å². The molecular formula is C22H31NO2. The summed E-state index contributed by atoms with van der Waals surface area (Å²) in [7, 11) is 0. The number of phenols is 1. The summed E-state index contributed by atoms with van der Waals surface area (Å²) in [5.74, 6) is 0.374. The summed E-state index contributed by atoms with van der Waals surface area (Å²) in [6.45, 7) is 2.77. The third-order valence-corrected chi connectivity index (χ3v) is 3.73. The zero-order chi connectivity index (χ0) is 18.2. The molecule has 0 unspecified atom stereocenters. The highest BCUT2D eigenvalue weighted by Crippen LogP contribution is 2.09. The second-order valence-corrected chi connectivity index (χ2v) is 5.95. The van der Waals surface area contributed by atoms with Crippen molar-refractivity contribution in [2.75, 3.05) is 6.54 Å². The Morgan fingerprint density at radius 1 is 1.00 bits per heavy atom. The normalized spacial score (nSPS) is 11.7. The summed E-state index contributed by atoms with van der Waals surface area (Å²) in [4.78, 5) is 11.8. The van der Waals surface area contributed by atoms with Crippen LogP contribution in [0.2, 0.25) is 0 Å². The van der Waals surface area contributed by atoms with Gasteiger partial charge in [0.25, 0.3) is 0 Å². The fourth-order valence-electron chi connectivity index (χ4n) is 2.30. The number of rotatable bonds is 12. The van der Waals surface area contributed by atoms with Crippen molar-refractivity contribution in [3.05, 3.63) is 66.3 Å². The van der Waals surface area contributed by atoms with E-state index in [1.807, 2.05) is 12.1 Å². The van der Waals surface area contributed by atoms with E-state index in [1.165, 1.54) is 0 Å². The van der Waals surface area contributed by atoms with Crippen molar-refractivity contribution in [1.82, 2.24) is 5.32 Å². The van der Waals surface area contributed by atoms with Crippen LogP contribution in [0.5, 0.6) is 5.75 Å². The quantitative estimate of drug-likeness (QED) is 0.411. The second-order valence-electron chi connectivity index (χ2n) is 5.95. The first-order chi connectivity index (χ1) is 12.2. The van der Waals surface area contributed by atoms with Gasteiger partial charge in [-0.05, 0) is 56.2 Å². The van der Waals surface area contributed by atoms with E-state index >= 15 is 0 Å². The Hall–Kier alpha value is -2.29. The molecule has 0 saturated carbocycles. The van der Waals surface area contributed by atoms with Gasteiger partial charge in [-0.3, -0.25) is 4.79 Å². The van der Waals surface area contributed by atoms with Crippen LogP contribution in [0.1, 0.15) is 51.0 Å². The predicted octanol–water partition coefficient (Wildman–Crippen LogP) is 5.08. The third kappa shape index (κ3) is 11.8. The van der Waals surface area contributed by atoms with Gasteiger partial charge in [0.05, 0.1) is 0 Å². The van der Waals surface area contributed by atoms with E-state index in [4.69, 9.17) is 0 Å². The van der Waals surface area contributed by atoms with Gasteiger partial charge in [-0.2, -0.15) is 0 Å². The second kappa shape index (κ2) is 14.1. The first-order valence-corrected chi connectivity index (χ1v) is 9.22. The zero-order valence-corrected chi connectivity index (χ0v) is 15.3. The maximum Gasteiger partial charge on any atom is 0.220 e. The number of aromatic hydroxyl groups is 1. The molecule has 25 heavy (non-hydrogen) atoms. The highest BCUT2D eigenvalue weighted by atomic mass is 16.3. The van der Waals surface area contributed by atoms with Crippen molar-refractivity contribution in [1.29, 1.82) is 0 Å². The SMILES string of the molecule is CC/C=C\C/C=C\C/C=C\CCCC(=O)NCCc1ccc(O)cc1. The molecule has 2 N–H and O–H groups in total. The average molecular weight is 341 g/mol. The predicted molar refractivity (Wildman–Crippen MR) is 106 cm³/mol. The van der Waals surface area contributed by atoms with E-state index in [2.05, 4.69) is 48.7 Å². The number of nitrogens with one attached hydrogen (secondary N) is 1. The smallest absolute Gasteiger partial charge is 0.220 e. The number of allylic oxidation sites excluding steroid dienone is 6. The van der Waals surface area contributed by atoms with E-state index < -0.39 is 0 Å². The summed E-state index contributed by atoms with van der Waals surface area (Å²) in [6.07, 6.45) is 19.2. The van der Waals surface area contributed by atoms with Gasteiger partial charge in [0.15, 0.2) is 0 Å². The number of hydrogen-bond donors (Lipinski definition) is 2. The van der Waals surface area contributed by atoms with E-state index in [9.17, 15) is 9.90 Å². The summed E-state index contributed by atoms with van der Waals surface area (Å²) in [5.41, 5.74) is 1.11. The van der Waals surface area contributed by atoms with Crippen LogP contribution in [0.4, 0.5) is 0 Å². The number of phenolic OH excluding ortho intramolecular Hbond substituents is 1. The Morgan fingerprint density at radius 3 is 2.32 bits per heavy atom. The van der Waals surface area contributed by atoms with Crippen LogP contribution in [0.15, 0.2) is 60.7 Å². The third-order valence-electron chi connectivity index (χ3n) is 3.73. The van der Waals surface area contributed by atoms with Gasteiger partial charge < -0.3 is 10.4 Å². The van der Waals surface area contributed by atoms with Gasteiger partial charge in [0.2, 0.25) is 5.91 Å². The van der Waals surface area contributed by atoms with Crippen molar-refractivity contribution >= 4 is 5.91 Å². The molecule has 1 amide bonds. The van der Waals surface area contributed by atoms with E-state index in [0.29, 0.717) is 13.0 Å². The maximum absolute atomic E-state index is 11.8. The molecular weight excluding hydrogens is 310 g/mol. The van der Waals surface area contributed by atoms with E-state index in [1.54, 1.807) is 12.1 Å². The Labute approximate surface area is 152 Å². The summed E-state index contributed by atoms with van der Waals surface area (Å²) >= 11 is 0. The molecule has 0 aromatic heterocycles. The van der Waals surface area contributed by atoms with Crippen LogP contribution >= 0.6 is 0 Å². The summed E-state index contributed by atoms with van der Waals surface area (Å²) in [5, 5.41) is 12.2. The number of benzene rings is 1. The molecule has 1 rings (SSSR count). The lowest BCUT2D eigenvalue weighted by molar-refractivity contribution is -0.121. The molecule has 0 spiro atoms. The number of carbonyl (C=O) groups is 1. The van der Waals surface area contributed by atoms with E-state index in [0.717, 1.165) is 44.1 Å². The molecule has 1 aromatic rings. The molecule has 0 saturated heterocycles. The lowest BCUT2D eigenvalue weighted by Gasteiger charge is -2.05. The molecule has 3 heteroatoms. The molecule has 0 bridgehead atoms. The Balaban J connectivity index is 2.00. The fourth-order valence-corrected chi connectivity index (χ4v) is 2.30. The van der Waals surface area contributed by atoms with Gasteiger partial charge in [0, 0.05) is 13.0 Å². The first-order valence-electron chi connectivity index (χ1n) is 9.22. The van der Waals surface area contributed by atoms with Crippen LogP contribution in [0, 0.1) is 0 Å². The zero-order valence-electron chi connectivity index (χ0n) is 15.3. The van der Waals surface area contributed by atoms with Crippen molar-refractivity contribution < 1.29 is 9.90 Å². The van der Waals surface area contributed by atoms with Crippen LogP contribution in [-0.4, -0.2) is 17.6 Å². The molecule has 0 aliphatic carbocycles. The van der Waals surface area contributed by atoms with Crippen LogP contribution < -0.4 is 5.32 Å². The minimum atomic E-state index is 0.106. The topological polar surface area (TPSA) is 49.3 Å². The molecule has 0 aliphatic rings. The molecule has 136 valence electrons. The van der Waals surface area contributed by atoms with Crippen molar-refractivity contribution in [3.63, 3.8) is 0 Å². The highest BCUT2D eigenvalue weighted by molar-refractivity contribution is 5.75. The number of carbonyl (C=O) groups excluding carboxylic acids is 1. The number of hydrogen-bond acceptors (Lipinski definition) is 2. The largest absolute Gasteiger partial charge is 0.508 e. The van der Waals surface area contributed by atoms with Gasteiger partial charge in [0.1, 0.15) is 5.75 Å². The lowest BCUT2D eigenvalue weighted by atomic mass is 10.1. The number of amides is 1. The Bertz CT molecular complexity index is 556. The summed E-state index contributed by atoms with van der Waals surface area (Å²) in [6, 6.07) is 7.09. The molecule has 0 fully saturated rings. The maximum atomic E-state index is 11.8. The van der Waals surface area contributed by atoms with Gasteiger partial charge in [-0.1, -0.05) is 55.5 Å². The van der Waals surface area contributed by atoms with E-state index in [-0.39, 0.29) is 11.7 Å². The molecule has 0 atom stereocenters. The first kappa shape index (κ1) is 20.8. The monoisotopic (exact) mass is 341 g/mol. The van der Waals surface area contributed by atoms with Crippen molar-refractivity contribution in [3.8, 4) is 5.75 Å². The van der Waals surface area contributed by atoms with Crippen LogP contribution in [-0.2, 0) is 11.2 Å². The van der Waals surface area contributed by atoms with Gasteiger partial charge in [-0.15, -0.1) is 0 Å². The van der Waals surface area contributed by atoms with Gasteiger partial charge in [-0.25, -0.2) is 0 Å². The average Bonchev–Trinajstić information content (AvgIpc) is 2.61. The Kier molecular flexibility index (Phi) is 11.7.